The zero-order valence-electron chi connectivity index (χ0n) is 21.1. The lowest BCUT2D eigenvalue weighted by Crippen LogP contribution is -2.20. The second kappa shape index (κ2) is 11.6. The molecule has 0 aliphatic rings. The van der Waals surface area contributed by atoms with E-state index in [-0.39, 0.29) is 17.0 Å². The average molecular weight is 435 g/mol. The van der Waals surface area contributed by atoms with Crippen LogP contribution in [0.3, 0.4) is 0 Å². The summed E-state index contributed by atoms with van der Waals surface area (Å²) >= 11 is 0. The van der Waals surface area contributed by atoms with Crippen molar-refractivity contribution in [3.63, 3.8) is 0 Å². The Morgan fingerprint density at radius 3 is 1.56 bits per heavy atom. The van der Waals surface area contributed by atoms with Gasteiger partial charge < -0.3 is 0 Å². The van der Waals surface area contributed by atoms with Crippen LogP contribution in [0.2, 0.25) is 0 Å². The van der Waals surface area contributed by atoms with Gasteiger partial charge in [-0.1, -0.05) is 96.5 Å². The van der Waals surface area contributed by atoms with E-state index < -0.39 is 0 Å². The van der Waals surface area contributed by atoms with Crippen molar-refractivity contribution in [1.82, 2.24) is 0 Å². The maximum Gasteiger partial charge on any atom is 0.168 e. The topological polar surface area (TPSA) is 34.1 Å². The number of hydrogen-bond acceptors (Lipinski definition) is 2. The fourth-order valence-corrected chi connectivity index (χ4v) is 3.86. The van der Waals surface area contributed by atoms with E-state index in [4.69, 9.17) is 0 Å². The molecule has 0 aliphatic carbocycles. The molecule has 0 amide bonds. The second-order valence-electron chi connectivity index (χ2n) is 11.4. The Balaban J connectivity index is 1.71. The lowest BCUT2D eigenvalue weighted by molar-refractivity contribution is 0.0858. The molecule has 0 heterocycles. The first-order valence-corrected chi connectivity index (χ1v) is 12.2. The van der Waals surface area contributed by atoms with Crippen molar-refractivity contribution in [1.29, 1.82) is 0 Å². The summed E-state index contributed by atoms with van der Waals surface area (Å²) in [6.07, 6.45) is 8.18. The first-order valence-electron chi connectivity index (χ1n) is 12.2. The molecule has 32 heavy (non-hydrogen) atoms. The number of carbonyl (C=O) groups is 2. The predicted octanol–water partition coefficient (Wildman–Crippen LogP) is 8.27. The zero-order chi connectivity index (χ0) is 23.8. The van der Waals surface area contributed by atoms with Crippen LogP contribution in [0.4, 0.5) is 0 Å². The molecule has 0 unspecified atom stereocenters. The Morgan fingerprint density at radius 2 is 1.09 bits per heavy atom. The summed E-state index contributed by atoms with van der Waals surface area (Å²) in [5, 5.41) is 0. The first-order chi connectivity index (χ1) is 15.0. The summed E-state index contributed by atoms with van der Waals surface area (Å²) in [7, 11) is 0. The van der Waals surface area contributed by atoms with Crippen LogP contribution in [0.15, 0.2) is 48.5 Å². The highest BCUT2D eigenvalue weighted by Crippen LogP contribution is 2.23. The number of benzene rings is 2. The molecule has 0 saturated heterocycles. The summed E-state index contributed by atoms with van der Waals surface area (Å²) in [4.78, 5) is 24.8. The van der Waals surface area contributed by atoms with Gasteiger partial charge in [0.25, 0.3) is 0 Å². The molecular weight excluding hydrogens is 392 g/mol. The van der Waals surface area contributed by atoms with Crippen LogP contribution in [0, 0.1) is 10.8 Å². The maximum absolute atomic E-state index is 12.5. The molecule has 2 rings (SSSR count). The molecular formula is C30H42O2. The second-order valence-corrected chi connectivity index (χ2v) is 11.4. The van der Waals surface area contributed by atoms with Crippen molar-refractivity contribution in [3.05, 3.63) is 70.8 Å². The fraction of sp³-hybridized carbons (Fsp3) is 0.533. The number of unbranched alkanes of at least 4 members (excludes halogenated alkanes) is 2. The summed E-state index contributed by atoms with van der Waals surface area (Å²) in [6.45, 7) is 12.7. The molecule has 2 heteroatoms. The van der Waals surface area contributed by atoms with E-state index in [1.165, 1.54) is 30.4 Å². The van der Waals surface area contributed by atoms with Crippen LogP contribution in [-0.4, -0.2) is 11.6 Å². The van der Waals surface area contributed by atoms with Crippen molar-refractivity contribution < 1.29 is 9.59 Å². The van der Waals surface area contributed by atoms with Gasteiger partial charge in [-0.15, -0.1) is 0 Å². The highest BCUT2D eigenvalue weighted by Gasteiger charge is 2.22. The van der Waals surface area contributed by atoms with Crippen LogP contribution in [0.5, 0.6) is 0 Å². The Labute approximate surface area is 195 Å². The van der Waals surface area contributed by atoms with Crippen molar-refractivity contribution >= 4 is 11.6 Å². The molecule has 2 nitrogen and oxygen atoms in total. The minimum absolute atomic E-state index is 0.172. The van der Waals surface area contributed by atoms with Gasteiger partial charge in [0, 0.05) is 23.0 Å². The maximum atomic E-state index is 12.5. The number of rotatable bonds is 11. The van der Waals surface area contributed by atoms with Gasteiger partial charge in [0.05, 0.1) is 0 Å². The Hall–Kier alpha value is -2.22. The van der Waals surface area contributed by atoms with Crippen molar-refractivity contribution in [3.8, 4) is 0 Å². The third kappa shape index (κ3) is 9.10. The number of Topliss-reactive ketones (excluding diaryl/α,β-unsaturated/α-hetero) is 2. The lowest BCUT2D eigenvalue weighted by Gasteiger charge is -2.17. The minimum Gasteiger partial charge on any atom is -0.294 e. The van der Waals surface area contributed by atoms with Gasteiger partial charge in [-0.05, 0) is 55.1 Å². The molecule has 0 atom stereocenters. The van der Waals surface area contributed by atoms with E-state index in [1.807, 2.05) is 57.2 Å². The van der Waals surface area contributed by atoms with Gasteiger partial charge >= 0.3 is 0 Å². The van der Waals surface area contributed by atoms with Crippen LogP contribution in [0.1, 0.15) is 112 Å². The molecule has 0 fully saturated rings. The molecule has 0 aromatic heterocycles. The molecule has 2 aromatic carbocycles. The molecule has 2 aromatic rings. The lowest BCUT2D eigenvalue weighted by atomic mass is 9.86. The van der Waals surface area contributed by atoms with Crippen molar-refractivity contribution in [2.75, 3.05) is 0 Å². The van der Waals surface area contributed by atoms with E-state index in [0.717, 1.165) is 36.8 Å². The third-order valence-electron chi connectivity index (χ3n) is 5.93. The normalized spacial score (nSPS) is 12.1. The summed E-state index contributed by atoms with van der Waals surface area (Å²) in [5.74, 6) is 0.404. The van der Waals surface area contributed by atoms with Crippen LogP contribution < -0.4 is 0 Å². The highest BCUT2D eigenvalue weighted by molar-refractivity contribution is 5.99. The van der Waals surface area contributed by atoms with Gasteiger partial charge in [0.1, 0.15) is 0 Å². The first kappa shape index (κ1) is 26.0. The molecule has 0 radical (unpaired) electrons. The van der Waals surface area contributed by atoms with E-state index in [0.29, 0.717) is 11.8 Å². The van der Waals surface area contributed by atoms with E-state index >= 15 is 0 Å². The summed E-state index contributed by atoms with van der Waals surface area (Å²) in [6, 6.07) is 16.2. The molecule has 0 aliphatic heterocycles. The van der Waals surface area contributed by atoms with Crippen LogP contribution >= 0.6 is 0 Å². The number of aryl methyl sites for hydroxylation is 2. The van der Waals surface area contributed by atoms with Crippen LogP contribution in [0.25, 0.3) is 0 Å². The van der Waals surface area contributed by atoms with Gasteiger partial charge in [-0.3, -0.25) is 9.59 Å². The standard InChI is InChI=1S/C30H42O2/c1-29(2,3)22-10-9-12-24-14-18-25(19-15-24)27(31)13-8-7-11-23-16-20-26(21-17-23)28(32)30(4,5)6/h14-21H,7-13,22H2,1-6H3. The van der Waals surface area contributed by atoms with Gasteiger partial charge in [-0.25, -0.2) is 0 Å². The van der Waals surface area contributed by atoms with E-state index in [2.05, 4.69) is 32.9 Å². The van der Waals surface area contributed by atoms with Crippen molar-refractivity contribution in [2.24, 2.45) is 10.8 Å². The molecule has 0 bridgehead atoms. The Morgan fingerprint density at radius 1 is 0.625 bits per heavy atom. The molecule has 0 saturated carbocycles. The molecule has 0 N–H and O–H groups in total. The van der Waals surface area contributed by atoms with E-state index in [9.17, 15) is 9.59 Å². The predicted molar refractivity (Wildman–Crippen MR) is 136 cm³/mol. The third-order valence-corrected chi connectivity index (χ3v) is 5.93. The van der Waals surface area contributed by atoms with Crippen LogP contribution in [-0.2, 0) is 12.8 Å². The quantitative estimate of drug-likeness (QED) is 0.263. The SMILES string of the molecule is CC(C)(C)CCCCc1ccc(C(=O)CCCCc2ccc(C(=O)C(C)(C)C)cc2)cc1. The largest absolute Gasteiger partial charge is 0.294 e. The van der Waals surface area contributed by atoms with E-state index in [1.54, 1.807) is 0 Å². The summed E-state index contributed by atoms with van der Waals surface area (Å²) < 4.78 is 0. The fourth-order valence-electron chi connectivity index (χ4n) is 3.86. The Kier molecular flexibility index (Phi) is 9.43. The Bertz CT molecular complexity index is 859. The van der Waals surface area contributed by atoms with Gasteiger partial charge in [0.2, 0.25) is 0 Å². The molecule has 0 spiro atoms. The highest BCUT2D eigenvalue weighted by atomic mass is 16.1. The van der Waals surface area contributed by atoms with Crippen molar-refractivity contribution in [2.45, 2.75) is 92.9 Å². The minimum atomic E-state index is -0.355. The van der Waals surface area contributed by atoms with Gasteiger partial charge in [-0.2, -0.15) is 0 Å². The zero-order valence-corrected chi connectivity index (χ0v) is 21.1. The smallest absolute Gasteiger partial charge is 0.168 e. The summed E-state index contributed by atoms with van der Waals surface area (Å²) in [5.41, 5.74) is 4.20. The monoisotopic (exact) mass is 434 g/mol. The number of hydrogen-bond donors (Lipinski definition) is 0. The number of carbonyl (C=O) groups excluding carboxylic acids is 2. The molecule has 174 valence electrons. The van der Waals surface area contributed by atoms with Gasteiger partial charge in [0.15, 0.2) is 11.6 Å². The average Bonchev–Trinajstić information content (AvgIpc) is 2.73. The number of ketones is 2.